The van der Waals surface area contributed by atoms with Crippen LogP contribution in [0.2, 0.25) is 0 Å². The third-order valence-corrected chi connectivity index (χ3v) is 4.70. The van der Waals surface area contributed by atoms with Crippen molar-refractivity contribution in [1.82, 2.24) is 0 Å². The van der Waals surface area contributed by atoms with Crippen molar-refractivity contribution in [2.75, 3.05) is 18.5 Å². The van der Waals surface area contributed by atoms with Crippen molar-refractivity contribution in [1.29, 1.82) is 5.26 Å². The number of hydrogen-bond acceptors (Lipinski definition) is 6. The van der Waals surface area contributed by atoms with Crippen molar-refractivity contribution >= 4 is 11.4 Å². The van der Waals surface area contributed by atoms with Gasteiger partial charge in [-0.25, -0.2) is 0 Å². The lowest BCUT2D eigenvalue weighted by Gasteiger charge is -2.53. The zero-order valence-corrected chi connectivity index (χ0v) is 12.9. The highest BCUT2D eigenvalue weighted by atomic mass is 16.6. The SMILES string of the molecule is CCOC1CC(Nc2ccc([N+](=O)[O-])cc2C#N)C12CCCO2. The van der Waals surface area contributed by atoms with Crippen molar-refractivity contribution in [3.63, 3.8) is 0 Å². The molecule has 0 aromatic heterocycles. The quantitative estimate of drug-likeness (QED) is 0.662. The first-order valence-corrected chi connectivity index (χ1v) is 7.81. The van der Waals surface area contributed by atoms with Gasteiger partial charge in [0.05, 0.1) is 28.3 Å². The number of hydrogen-bond donors (Lipinski definition) is 1. The maximum absolute atomic E-state index is 10.8. The monoisotopic (exact) mass is 317 g/mol. The van der Waals surface area contributed by atoms with E-state index in [4.69, 9.17) is 9.47 Å². The zero-order chi connectivity index (χ0) is 16.4. The van der Waals surface area contributed by atoms with Gasteiger partial charge in [-0.1, -0.05) is 0 Å². The molecule has 3 atom stereocenters. The molecular formula is C16H19N3O4. The predicted molar refractivity (Wildman–Crippen MR) is 83.2 cm³/mol. The molecule has 1 aromatic carbocycles. The second kappa shape index (κ2) is 6.14. The molecule has 7 nitrogen and oxygen atoms in total. The largest absolute Gasteiger partial charge is 0.378 e. The van der Waals surface area contributed by atoms with E-state index in [1.807, 2.05) is 13.0 Å². The number of benzene rings is 1. The number of ether oxygens (including phenoxy) is 2. The third-order valence-electron chi connectivity index (χ3n) is 4.70. The Morgan fingerprint density at radius 3 is 3.04 bits per heavy atom. The second-order valence-electron chi connectivity index (χ2n) is 5.88. The molecule has 2 aliphatic rings. The topological polar surface area (TPSA) is 97.4 Å². The summed E-state index contributed by atoms with van der Waals surface area (Å²) >= 11 is 0. The Kier molecular flexibility index (Phi) is 4.20. The van der Waals surface area contributed by atoms with Gasteiger partial charge in [0.1, 0.15) is 11.7 Å². The van der Waals surface area contributed by atoms with E-state index in [9.17, 15) is 15.4 Å². The lowest BCUT2D eigenvalue weighted by molar-refractivity contribution is -0.384. The molecule has 1 aliphatic carbocycles. The van der Waals surface area contributed by atoms with Crippen LogP contribution in [0.1, 0.15) is 31.7 Å². The number of nitro groups is 1. The van der Waals surface area contributed by atoms with E-state index in [-0.39, 0.29) is 29.0 Å². The van der Waals surface area contributed by atoms with E-state index < -0.39 is 4.92 Å². The Bertz CT molecular complexity index is 649. The van der Waals surface area contributed by atoms with Crippen LogP contribution >= 0.6 is 0 Å². The highest BCUT2D eigenvalue weighted by Gasteiger charge is 2.58. The summed E-state index contributed by atoms with van der Waals surface area (Å²) in [6.45, 7) is 3.32. The highest BCUT2D eigenvalue weighted by Crippen LogP contribution is 2.47. The van der Waals surface area contributed by atoms with Crippen LogP contribution in [0.15, 0.2) is 18.2 Å². The van der Waals surface area contributed by atoms with Crippen LogP contribution in [0, 0.1) is 21.4 Å². The number of nitrogens with one attached hydrogen (secondary N) is 1. The minimum absolute atomic E-state index is 0.0510. The summed E-state index contributed by atoms with van der Waals surface area (Å²) in [5, 5.41) is 23.4. The van der Waals surface area contributed by atoms with Gasteiger partial charge < -0.3 is 14.8 Å². The van der Waals surface area contributed by atoms with E-state index in [2.05, 4.69) is 5.32 Å². The van der Waals surface area contributed by atoms with Crippen LogP contribution in [0.5, 0.6) is 0 Å². The summed E-state index contributed by atoms with van der Waals surface area (Å²) in [7, 11) is 0. The fourth-order valence-corrected chi connectivity index (χ4v) is 3.53. The van der Waals surface area contributed by atoms with Gasteiger partial charge in [-0.3, -0.25) is 10.1 Å². The van der Waals surface area contributed by atoms with E-state index in [1.54, 1.807) is 6.07 Å². The van der Waals surface area contributed by atoms with Crippen LogP contribution in [0.4, 0.5) is 11.4 Å². The molecule has 0 amide bonds. The Balaban J connectivity index is 1.80. The van der Waals surface area contributed by atoms with Gasteiger partial charge in [0.25, 0.3) is 5.69 Å². The molecule has 122 valence electrons. The first-order chi connectivity index (χ1) is 11.1. The van der Waals surface area contributed by atoms with Crippen LogP contribution in [0.25, 0.3) is 0 Å². The van der Waals surface area contributed by atoms with Gasteiger partial charge in [-0.05, 0) is 32.3 Å². The predicted octanol–water partition coefficient (Wildman–Crippen LogP) is 2.60. The smallest absolute Gasteiger partial charge is 0.270 e. The van der Waals surface area contributed by atoms with Crippen molar-refractivity contribution in [3.8, 4) is 6.07 Å². The number of non-ortho nitro benzene ring substituents is 1. The van der Waals surface area contributed by atoms with E-state index >= 15 is 0 Å². The summed E-state index contributed by atoms with van der Waals surface area (Å²) < 4.78 is 11.8. The molecule has 0 bridgehead atoms. The Morgan fingerprint density at radius 1 is 1.61 bits per heavy atom. The standard InChI is InChI=1S/C16H19N3O4/c1-2-22-15-9-14(16(15)6-3-7-23-16)18-13-5-4-12(19(20)21)8-11(13)10-17/h4-5,8,14-15,18H,2-3,6-7,9H2,1H3. The third kappa shape index (κ3) is 2.64. The van der Waals surface area contributed by atoms with Crippen molar-refractivity contribution in [2.24, 2.45) is 0 Å². The molecule has 1 spiro atoms. The first kappa shape index (κ1) is 15.7. The lowest BCUT2D eigenvalue weighted by atomic mass is 9.69. The van der Waals surface area contributed by atoms with Gasteiger partial charge in [-0.15, -0.1) is 0 Å². The molecule has 3 rings (SSSR count). The fourth-order valence-electron chi connectivity index (χ4n) is 3.53. The van der Waals surface area contributed by atoms with E-state index in [0.29, 0.717) is 18.9 Å². The number of nitrogens with zero attached hydrogens (tertiary/aromatic N) is 2. The minimum Gasteiger partial charge on any atom is -0.378 e. The van der Waals surface area contributed by atoms with Gasteiger partial charge >= 0.3 is 0 Å². The summed E-state index contributed by atoms with van der Waals surface area (Å²) in [5.41, 5.74) is 0.449. The van der Waals surface area contributed by atoms with Crippen molar-refractivity contribution in [3.05, 3.63) is 33.9 Å². The van der Waals surface area contributed by atoms with Crippen molar-refractivity contribution in [2.45, 2.75) is 43.9 Å². The molecule has 1 heterocycles. The van der Waals surface area contributed by atoms with Crippen LogP contribution in [-0.4, -0.2) is 35.9 Å². The van der Waals surface area contributed by atoms with Crippen LogP contribution < -0.4 is 5.32 Å². The molecule has 7 heteroatoms. The normalized spacial score (nSPS) is 29.0. The molecule has 1 N–H and O–H groups in total. The zero-order valence-electron chi connectivity index (χ0n) is 12.9. The summed E-state index contributed by atoms with van der Waals surface area (Å²) in [4.78, 5) is 10.3. The molecule has 2 fully saturated rings. The van der Waals surface area contributed by atoms with Gasteiger partial charge in [0.15, 0.2) is 0 Å². The second-order valence-corrected chi connectivity index (χ2v) is 5.88. The average Bonchev–Trinajstić information content (AvgIpc) is 3.06. The number of nitriles is 1. The number of anilines is 1. The van der Waals surface area contributed by atoms with Gasteiger partial charge in [0, 0.05) is 25.3 Å². The Hall–Kier alpha value is -2.17. The fraction of sp³-hybridized carbons (Fsp3) is 0.562. The van der Waals surface area contributed by atoms with Crippen molar-refractivity contribution < 1.29 is 14.4 Å². The molecule has 23 heavy (non-hydrogen) atoms. The average molecular weight is 317 g/mol. The first-order valence-electron chi connectivity index (χ1n) is 7.81. The van der Waals surface area contributed by atoms with Crippen LogP contribution in [0.3, 0.4) is 0 Å². The van der Waals surface area contributed by atoms with E-state index in [1.165, 1.54) is 12.1 Å². The molecule has 1 aromatic rings. The summed E-state index contributed by atoms with van der Waals surface area (Å²) in [5.74, 6) is 0. The summed E-state index contributed by atoms with van der Waals surface area (Å²) in [6, 6.07) is 6.36. The van der Waals surface area contributed by atoms with Gasteiger partial charge in [0.2, 0.25) is 0 Å². The Morgan fingerprint density at radius 2 is 2.43 bits per heavy atom. The molecule has 1 aliphatic heterocycles. The number of rotatable bonds is 5. The van der Waals surface area contributed by atoms with Crippen LogP contribution in [-0.2, 0) is 9.47 Å². The molecular weight excluding hydrogens is 298 g/mol. The maximum atomic E-state index is 10.8. The molecule has 1 saturated carbocycles. The molecule has 3 unspecified atom stereocenters. The minimum atomic E-state index is -0.499. The Labute approximate surface area is 134 Å². The highest BCUT2D eigenvalue weighted by molar-refractivity contribution is 5.62. The maximum Gasteiger partial charge on any atom is 0.270 e. The van der Waals surface area contributed by atoms with E-state index in [0.717, 1.165) is 19.3 Å². The lowest BCUT2D eigenvalue weighted by Crippen LogP contribution is -2.66. The van der Waals surface area contributed by atoms with Gasteiger partial charge in [-0.2, -0.15) is 5.26 Å². The molecule has 0 radical (unpaired) electrons. The molecule has 1 saturated heterocycles. The number of nitro benzene ring substituents is 1. The summed E-state index contributed by atoms with van der Waals surface area (Å²) in [6.07, 6.45) is 2.78.